The molecule has 1 heterocycles. The number of nitrogen functional groups attached to an aromatic ring is 1. The molecular formula is C5H6F3N3S3. The highest BCUT2D eigenvalue weighted by atomic mass is 32.2. The Morgan fingerprint density at radius 3 is 2.50 bits per heavy atom. The zero-order valence-corrected chi connectivity index (χ0v) is 9.19. The maximum absolute atomic E-state index is 11.7. The monoisotopic (exact) mass is 261 g/mol. The Balaban J connectivity index is 2.16. The van der Waals surface area contributed by atoms with Crippen LogP contribution < -0.4 is 5.73 Å². The van der Waals surface area contributed by atoms with Crippen molar-refractivity contribution in [1.29, 1.82) is 0 Å². The van der Waals surface area contributed by atoms with Gasteiger partial charge in [-0.3, -0.25) is 0 Å². The minimum atomic E-state index is -4.15. The van der Waals surface area contributed by atoms with Gasteiger partial charge in [0.1, 0.15) is 0 Å². The van der Waals surface area contributed by atoms with Crippen molar-refractivity contribution in [3.8, 4) is 0 Å². The lowest BCUT2D eigenvalue weighted by Crippen LogP contribution is -2.02. The number of thioether (sulfide) groups is 2. The summed E-state index contributed by atoms with van der Waals surface area (Å²) in [5.41, 5.74) is 1.15. The average Bonchev–Trinajstić information content (AvgIpc) is 2.44. The van der Waals surface area contributed by atoms with E-state index in [-0.39, 0.29) is 17.5 Å². The van der Waals surface area contributed by atoms with Crippen LogP contribution in [0.2, 0.25) is 0 Å². The van der Waals surface area contributed by atoms with Gasteiger partial charge in [0.15, 0.2) is 4.34 Å². The second-order valence-electron chi connectivity index (χ2n) is 2.05. The number of hydrogen-bond donors (Lipinski definition) is 1. The van der Waals surface area contributed by atoms with Crippen LogP contribution >= 0.6 is 34.9 Å². The first-order valence-corrected chi connectivity index (χ1v) is 6.18. The molecule has 14 heavy (non-hydrogen) atoms. The molecule has 1 aromatic heterocycles. The van der Waals surface area contributed by atoms with Gasteiger partial charge in [-0.1, -0.05) is 34.9 Å². The third-order valence-corrected chi connectivity index (χ3v) is 3.88. The van der Waals surface area contributed by atoms with Crippen molar-refractivity contribution < 1.29 is 13.2 Å². The Labute approximate surface area is 90.7 Å². The van der Waals surface area contributed by atoms with Crippen molar-refractivity contribution in [1.82, 2.24) is 10.2 Å². The Kier molecular flexibility index (Phi) is 4.32. The van der Waals surface area contributed by atoms with Crippen molar-refractivity contribution in [3.63, 3.8) is 0 Å². The van der Waals surface area contributed by atoms with Crippen LogP contribution in [0.4, 0.5) is 18.3 Å². The number of halogens is 3. The second kappa shape index (κ2) is 5.08. The van der Waals surface area contributed by atoms with Crippen LogP contribution in [0.1, 0.15) is 0 Å². The van der Waals surface area contributed by atoms with E-state index >= 15 is 0 Å². The van der Waals surface area contributed by atoms with E-state index in [1.165, 1.54) is 23.1 Å². The molecule has 0 spiro atoms. The summed E-state index contributed by atoms with van der Waals surface area (Å²) in [6.45, 7) is 0. The molecular weight excluding hydrogens is 255 g/mol. The molecule has 2 N–H and O–H groups in total. The lowest BCUT2D eigenvalue weighted by molar-refractivity contribution is -0.0326. The number of hydrogen-bond acceptors (Lipinski definition) is 6. The summed E-state index contributed by atoms with van der Waals surface area (Å²) in [5.74, 6) is 0.354. The predicted molar refractivity (Wildman–Crippen MR) is 53.6 cm³/mol. The van der Waals surface area contributed by atoms with Gasteiger partial charge in [0.2, 0.25) is 5.13 Å². The van der Waals surface area contributed by atoms with Crippen molar-refractivity contribution in [2.75, 3.05) is 17.2 Å². The highest BCUT2D eigenvalue weighted by molar-refractivity contribution is 8.04. The summed E-state index contributed by atoms with van der Waals surface area (Å²) in [7, 11) is 0. The Bertz CT molecular complexity index is 287. The third-order valence-electron chi connectivity index (χ3n) is 0.997. The van der Waals surface area contributed by atoms with E-state index in [1.54, 1.807) is 0 Å². The fourth-order valence-corrected chi connectivity index (χ4v) is 2.82. The van der Waals surface area contributed by atoms with Gasteiger partial charge in [0.05, 0.1) is 0 Å². The average molecular weight is 261 g/mol. The second-order valence-corrected chi connectivity index (χ2v) is 5.56. The van der Waals surface area contributed by atoms with E-state index in [4.69, 9.17) is 5.73 Å². The number of rotatable bonds is 4. The molecule has 0 aliphatic carbocycles. The SMILES string of the molecule is Nc1nnc(SCCSC(F)(F)F)s1. The molecule has 80 valence electrons. The molecule has 0 saturated heterocycles. The molecule has 0 atom stereocenters. The number of aromatic nitrogens is 2. The first-order chi connectivity index (χ1) is 6.47. The Morgan fingerprint density at radius 1 is 1.29 bits per heavy atom. The molecule has 0 saturated carbocycles. The minimum absolute atomic E-state index is 0.00759. The standard InChI is InChI=1S/C5H6F3N3S3/c6-5(7,8)13-2-1-12-4-11-10-3(9)14-4/h1-2H2,(H2,9,10). The van der Waals surface area contributed by atoms with Gasteiger partial charge in [-0.05, 0) is 0 Å². The van der Waals surface area contributed by atoms with Crippen LogP contribution in [0, 0.1) is 0 Å². The zero-order valence-electron chi connectivity index (χ0n) is 6.74. The molecule has 3 nitrogen and oxygen atoms in total. The molecule has 0 fully saturated rings. The lowest BCUT2D eigenvalue weighted by Gasteiger charge is -2.03. The van der Waals surface area contributed by atoms with Crippen molar-refractivity contribution in [2.24, 2.45) is 0 Å². The van der Waals surface area contributed by atoms with E-state index in [9.17, 15) is 13.2 Å². The van der Waals surface area contributed by atoms with E-state index in [1.807, 2.05) is 0 Å². The van der Waals surface area contributed by atoms with Crippen LogP contribution in [-0.4, -0.2) is 27.2 Å². The highest BCUT2D eigenvalue weighted by Gasteiger charge is 2.27. The predicted octanol–water partition coefficient (Wildman–Crippen LogP) is 2.47. The summed E-state index contributed by atoms with van der Waals surface area (Å²) < 4.78 is 35.7. The van der Waals surface area contributed by atoms with Gasteiger partial charge in [0, 0.05) is 11.5 Å². The topological polar surface area (TPSA) is 51.8 Å². The normalized spacial score (nSPS) is 11.9. The van der Waals surface area contributed by atoms with Crippen LogP contribution in [0.3, 0.4) is 0 Å². The number of alkyl halides is 3. The van der Waals surface area contributed by atoms with E-state index in [0.29, 0.717) is 15.2 Å². The summed E-state index contributed by atoms with van der Waals surface area (Å²) in [5, 5.41) is 7.54. The third kappa shape index (κ3) is 4.91. The minimum Gasteiger partial charge on any atom is -0.374 e. The first kappa shape index (κ1) is 11.9. The smallest absolute Gasteiger partial charge is 0.374 e. The molecule has 0 radical (unpaired) electrons. The van der Waals surface area contributed by atoms with Gasteiger partial charge < -0.3 is 5.73 Å². The fraction of sp³-hybridized carbons (Fsp3) is 0.600. The lowest BCUT2D eigenvalue weighted by atomic mass is 11.0. The van der Waals surface area contributed by atoms with Gasteiger partial charge in [0.25, 0.3) is 0 Å². The van der Waals surface area contributed by atoms with Gasteiger partial charge in [-0.15, -0.1) is 10.2 Å². The summed E-state index contributed by atoms with van der Waals surface area (Å²) >= 11 is 2.36. The van der Waals surface area contributed by atoms with E-state index in [2.05, 4.69) is 10.2 Å². The van der Waals surface area contributed by atoms with Crippen LogP contribution in [0.25, 0.3) is 0 Å². The number of nitrogens with zero attached hydrogens (tertiary/aromatic N) is 2. The van der Waals surface area contributed by atoms with Gasteiger partial charge >= 0.3 is 5.51 Å². The Morgan fingerprint density at radius 2 is 2.00 bits per heavy atom. The molecule has 1 aromatic rings. The summed E-state index contributed by atoms with van der Waals surface area (Å²) in [4.78, 5) is 0. The first-order valence-electron chi connectivity index (χ1n) is 3.40. The zero-order chi connectivity index (χ0) is 10.6. The molecule has 0 bridgehead atoms. The van der Waals surface area contributed by atoms with E-state index in [0.717, 1.165) is 0 Å². The molecule has 1 rings (SSSR count). The molecule has 0 aliphatic heterocycles. The van der Waals surface area contributed by atoms with E-state index < -0.39 is 5.51 Å². The maximum Gasteiger partial charge on any atom is 0.441 e. The van der Waals surface area contributed by atoms with Crippen LogP contribution in [0.15, 0.2) is 4.34 Å². The number of anilines is 1. The molecule has 0 amide bonds. The summed E-state index contributed by atoms with van der Waals surface area (Å²) in [6.07, 6.45) is 0. The summed E-state index contributed by atoms with van der Waals surface area (Å²) in [6, 6.07) is 0. The molecule has 0 aromatic carbocycles. The molecule has 0 aliphatic rings. The van der Waals surface area contributed by atoms with Gasteiger partial charge in [-0.2, -0.15) is 13.2 Å². The molecule has 9 heteroatoms. The quantitative estimate of drug-likeness (QED) is 0.666. The van der Waals surface area contributed by atoms with Crippen LogP contribution in [-0.2, 0) is 0 Å². The van der Waals surface area contributed by atoms with Crippen LogP contribution in [0.5, 0.6) is 0 Å². The maximum atomic E-state index is 11.7. The van der Waals surface area contributed by atoms with Gasteiger partial charge in [-0.25, -0.2) is 0 Å². The van der Waals surface area contributed by atoms with Crippen molar-refractivity contribution >= 4 is 40.0 Å². The Hall–Kier alpha value is -0.150. The largest absolute Gasteiger partial charge is 0.441 e. The highest BCUT2D eigenvalue weighted by Crippen LogP contribution is 2.32. The number of nitrogens with two attached hydrogens (primary N) is 1. The van der Waals surface area contributed by atoms with Crippen molar-refractivity contribution in [2.45, 2.75) is 9.85 Å². The van der Waals surface area contributed by atoms with Crippen molar-refractivity contribution in [3.05, 3.63) is 0 Å². The fourth-order valence-electron chi connectivity index (χ4n) is 0.565. The molecule has 0 unspecified atom stereocenters.